The number of halogens is 3. The van der Waals surface area contributed by atoms with Gasteiger partial charge in [0.15, 0.2) is 0 Å². The molecule has 3 aliphatic rings. The number of nitrogens with zero attached hydrogens (tertiary/aromatic N) is 8. The molecule has 3 aromatic rings. The van der Waals surface area contributed by atoms with Crippen LogP contribution in [0.25, 0.3) is 10.9 Å². The summed E-state index contributed by atoms with van der Waals surface area (Å²) < 4.78 is 68.8. The van der Waals surface area contributed by atoms with Gasteiger partial charge >= 0.3 is 18.3 Å². The molecule has 0 N–H and O–H groups in total. The molecule has 0 saturated carbocycles. The fourth-order valence-electron chi connectivity index (χ4n) is 6.95. The number of carbonyl (C=O) groups is 1. The predicted octanol–water partition coefficient (Wildman–Crippen LogP) is 5.88. The van der Waals surface area contributed by atoms with Crippen molar-refractivity contribution in [2.75, 3.05) is 88.6 Å². The lowest BCUT2D eigenvalue weighted by molar-refractivity contribution is -0.137. The van der Waals surface area contributed by atoms with Gasteiger partial charge in [0.2, 0.25) is 0 Å². The Morgan fingerprint density at radius 3 is 2.37 bits per heavy atom. The number of piperazine rings is 1. The van der Waals surface area contributed by atoms with Crippen LogP contribution < -0.4 is 14.5 Å². The highest BCUT2D eigenvalue weighted by molar-refractivity contribution is 6.76. The normalized spacial score (nSPS) is 17.6. The Morgan fingerprint density at radius 1 is 0.944 bits per heavy atom. The molecule has 0 radical (unpaired) electrons. The Balaban J connectivity index is 1.26. The second kappa shape index (κ2) is 16.6. The topological polar surface area (TPSA) is 111 Å². The maximum absolute atomic E-state index is 14.7. The highest BCUT2D eigenvalue weighted by atomic mass is 28.3. The highest BCUT2D eigenvalue weighted by Gasteiger charge is 2.38. The van der Waals surface area contributed by atoms with E-state index in [-0.39, 0.29) is 31.1 Å². The van der Waals surface area contributed by atoms with Gasteiger partial charge < -0.3 is 33.6 Å². The second-order valence-electron chi connectivity index (χ2n) is 16.4. The van der Waals surface area contributed by atoms with Crippen molar-refractivity contribution in [3.63, 3.8) is 0 Å². The molecular weight excluding hydrogens is 722 g/mol. The fraction of sp³-hybridized carbons (Fsp3) is 0.676. The van der Waals surface area contributed by atoms with Crippen molar-refractivity contribution in [1.29, 1.82) is 0 Å². The van der Waals surface area contributed by atoms with Crippen LogP contribution in [0.5, 0.6) is 6.01 Å². The van der Waals surface area contributed by atoms with Gasteiger partial charge in [-0.2, -0.15) is 28.2 Å². The van der Waals surface area contributed by atoms with Crippen LogP contribution in [0.4, 0.5) is 29.5 Å². The van der Waals surface area contributed by atoms with Gasteiger partial charge in [-0.1, -0.05) is 19.6 Å². The Hall–Kier alpha value is -3.67. The summed E-state index contributed by atoms with van der Waals surface area (Å²) in [5.41, 5.74) is 0.840. The van der Waals surface area contributed by atoms with Crippen molar-refractivity contribution >= 4 is 36.6 Å². The summed E-state index contributed by atoms with van der Waals surface area (Å²) in [7, 11) is -1.31. The summed E-state index contributed by atoms with van der Waals surface area (Å²) in [5, 5.41) is 4.88. The van der Waals surface area contributed by atoms with Crippen LogP contribution in [0.3, 0.4) is 0 Å². The molecule has 0 unspecified atom stereocenters. The van der Waals surface area contributed by atoms with E-state index in [0.717, 1.165) is 43.7 Å². The van der Waals surface area contributed by atoms with Gasteiger partial charge in [0.1, 0.15) is 18.1 Å². The highest BCUT2D eigenvalue weighted by Crippen LogP contribution is 2.43. The number of hydrogen-bond acceptors (Lipinski definition) is 11. The number of alkyl halides is 3. The van der Waals surface area contributed by atoms with Crippen LogP contribution in [-0.2, 0) is 40.1 Å². The van der Waals surface area contributed by atoms with Gasteiger partial charge in [-0.3, -0.25) is 4.90 Å². The molecule has 0 atom stereocenters. The standard InChI is InChI=1S/C37H55F3N8O5Si/c1-36(2,3)53-35(49)46-15-13-45(14-16-46)33-27-10-12-47(25-30(27)42-34(43-33)52-19-7-11-44-17-20-50-21-18-44)32-28-24-41-48(26-51-22-23-54(4,5)6)31(28)9-8-29(32)37(38,39)40/h8-9,24H,7,10-23,25-26H2,1-6H3. The average Bonchev–Trinajstić information content (AvgIpc) is 3.53. The molecule has 54 heavy (non-hydrogen) atoms. The number of amides is 1. The molecule has 3 aliphatic heterocycles. The van der Waals surface area contributed by atoms with Crippen LogP contribution in [0.2, 0.25) is 25.7 Å². The van der Waals surface area contributed by atoms with E-state index in [4.69, 9.17) is 28.9 Å². The van der Waals surface area contributed by atoms with Crippen molar-refractivity contribution in [2.45, 2.75) is 84.4 Å². The zero-order valence-corrected chi connectivity index (χ0v) is 33.5. The predicted molar refractivity (Wildman–Crippen MR) is 203 cm³/mol. The number of hydrogen-bond donors (Lipinski definition) is 0. The summed E-state index contributed by atoms with van der Waals surface area (Å²) in [4.78, 5) is 30.4. The quantitative estimate of drug-likeness (QED) is 0.163. The molecule has 0 spiro atoms. The largest absolute Gasteiger partial charge is 0.463 e. The van der Waals surface area contributed by atoms with Gasteiger partial charge in [0, 0.05) is 78.0 Å². The lowest BCUT2D eigenvalue weighted by atomic mass is 10.0. The first-order chi connectivity index (χ1) is 25.6. The third-order valence-corrected chi connectivity index (χ3v) is 11.5. The number of carbonyl (C=O) groups excluding carboxylic acids is 1. The SMILES string of the molecule is CC(C)(C)OC(=O)N1CCN(c2nc(OCCCN3CCOCC3)nc3c2CCN(c2c(C(F)(F)F)ccc4c2cnn4COCC[Si](C)(C)C)C3)CC1. The third kappa shape index (κ3) is 10.1. The lowest BCUT2D eigenvalue weighted by Gasteiger charge is -2.38. The monoisotopic (exact) mass is 776 g/mol. The molecule has 0 aliphatic carbocycles. The van der Waals surface area contributed by atoms with Crippen molar-refractivity contribution < 1.29 is 36.9 Å². The number of fused-ring (bicyclic) bond motifs is 2. The first-order valence-corrected chi connectivity index (χ1v) is 22.7. The zero-order chi connectivity index (χ0) is 38.7. The summed E-state index contributed by atoms with van der Waals surface area (Å²) in [6.45, 7) is 19.9. The van der Waals surface area contributed by atoms with Crippen molar-refractivity contribution in [1.82, 2.24) is 29.5 Å². The molecule has 13 nitrogen and oxygen atoms in total. The molecule has 2 aromatic heterocycles. The van der Waals surface area contributed by atoms with Crippen LogP contribution in [0.1, 0.15) is 44.0 Å². The van der Waals surface area contributed by atoms with E-state index in [0.29, 0.717) is 88.0 Å². The molecule has 6 rings (SSSR count). The smallest absolute Gasteiger partial charge is 0.418 e. The van der Waals surface area contributed by atoms with E-state index in [9.17, 15) is 18.0 Å². The molecule has 298 valence electrons. The molecule has 0 bridgehead atoms. The molecule has 2 fully saturated rings. The Bertz CT molecular complexity index is 1750. The summed E-state index contributed by atoms with van der Waals surface area (Å²) >= 11 is 0. The van der Waals surface area contributed by atoms with Gasteiger partial charge in [-0.25, -0.2) is 9.48 Å². The zero-order valence-electron chi connectivity index (χ0n) is 32.5. The first kappa shape index (κ1) is 40.0. The maximum Gasteiger partial charge on any atom is 0.418 e. The van der Waals surface area contributed by atoms with E-state index in [1.165, 1.54) is 12.3 Å². The van der Waals surface area contributed by atoms with E-state index < -0.39 is 25.4 Å². The van der Waals surface area contributed by atoms with Crippen LogP contribution >= 0.6 is 0 Å². The van der Waals surface area contributed by atoms with Gasteiger partial charge in [-0.15, -0.1) is 0 Å². The second-order valence-corrected chi connectivity index (χ2v) is 22.0. The molecular formula is C37H55F3N8O5Si. The minimum atomic E-state index is -4.58. The molecule has 1 aromatic carbocycles. The van der Waals surface area contributed by atoms with E-state index in [2.05, 4.69) is 34.5 Å². The van der Waals surface area contributed by atoms with Crippen LogP contribution in [0.15, 0.2) is 18.3 Å². The Morgan fingerprint density at radius 2 is 1.69 bits per heavy atom. The van der Waals surface area contributed by atoms with E-state index in [1.54, 1.807) is 14.5 Å². The van der Waals surface area contributed by atoms with Gasteiger partial charge in [-0.05, 0) is 51.8 Å². The number of rotatable bonds is 12. The number of morpholine rings is 1. The van der Waals surface area contributed by atoms with Crippen molar-refractivity contribution in [3.8, 4) is 6.01 Å². The van der Waals surface area contributed by atoms with Gasteiger partial charge in [0.05, 0.1) is 55.0 Å². The Kier molecular flexibility index (Phi) is 12.3. The summed E-state index contributed by atoms with van der Waals surface area (Å²) in [6.07, 6.45) is -2.24. The first-order valence-electron chi connectivity index (χ1n) is 19.0. The lowest BCUT2D eigenvalue weighted by Crippen LogP contribution is -2.50. The number of anilines is 2. The minimum absolute atomic E-state index is 0.0816. The molecule has 1 amide bonds. The minimum Gasteiger partial charge on any atom is -0.463 e. The average molecular weight is 777 g/mol. The third-order valence-electron chi connectivity index (χ3n) is 9.84. The molecule has 17 heteroatoms. The Labute approximate surface area is 316 Å². The summed E-state index contributed by atoms with van der Waals surface area (Å²) in [5.74, 6) is 0.698. The fourth-order valence-corrected chi connectivity index (χ4v) is 7.71. The summed E-state index contributed by atoms with van der Waals surface area (Å²) in [6, 6.07) is 3.80. The van der Waals surface area contributed by atoms with Crippen molar-refractivity contribution in [2.24, 2.45) is 0 Å². The van der Waals surface area contributed by atoms with Crippen LogP contribution in [-0.4, -0.2) is 128 Å². The molecule has 2 saturated heterocycles. The molecule has 5 heterocycles. The van der Waals surface area contributed by atoms with Crippen LogP contribution in [0, 0.1) is 0 Å². The van der Waals surface area contributed by atoms with E-state index in [1.807, 2.05) is 20.8 Å². The maximum atomic E-state index is 14.7. The number of aromatic nitrogens is 4. The van der Waals surface area contributed by atoms with Gasteiger partial charge in [0.25, 0.3) is 0 Å². The van der Waals surface area contributed by atoms with Crippen molar-refractivity contribution in [3.05, 3.63) is 35.2 Å². The van der Waals surface area contributed by atoms with E-state index >= 15 is 0 Å². The number of benzene rings is 1. The number of ether oxygens (including phenoxy) is 4.